The second kappa shape index (κ2) is 9.06. The maximum absolute atomic E-state index is 12.8. The van der Waals surface area contributed by atoms with Crippen LogP contribution in [0.2, 0.25) is 0 Å². The fourth-order valence-electron chi connectivity index (χ4n) is 3.32. The smallest absolute Gasteiger partial charge is 0.262 e. The molecule has 0 radical (unpaired) electrons. The summed E-state index contributed by atoms with van der Waals surface area (Å²) in [4.78, 5) is 12.6. The van der Waals surface area contributed by atoms with E-state index >= 15 is 0 Å². The van der Waals surface area contributed by atoms with Gasteiger partial charge in [-0.1, -0.05) is 35.9 Å². The van der Waals surface area contributed by atoms with Crippen molar-refractivity contribution in [3.63, 3.8) is 0 Å². The molecule has 0 saturated carbocycles. The molecule has 2 aromatic carbocycles. The second-order valence-electron chi connectivity index (χ2n) is 7.07. The van der Waals surface area contributed by atoms with E-state index < -0.39 is 10.0 Å². The molecule has 0 aromatic heterocycles. The van der Waals surface area contributed by atoms with Gasteiger partial charge in [0.2, 0.25) is 0 Å². The van der Waals surface area contributed by atoms with E-state index in [1.165, 1.54) is 24.5 Å². The maximum atomic E-state index is 12.8. The van der Waals surface area contributed by atoms with Gasteiger partial charge in [-0.05, 0) is 68.9 Å². The van der Waals surface area contributed by atoms with Crippen LogP contribution in [0.25, 0.3) is 0 Å². The largest absolute Gasteiger partial charge is 0.352 e. The molecule has 0 bridgehead atoms. The Morgan fingerprint density at radius 3 is 2.57 bits per heavy atom. The Hall–Kier alpha value is -2.60. The van der Waals surface area contributed by atoms with E-state index in [-0.39, 0.29) is 10.8 Å². The Morgan fingerprint density at radius 1 is 1.07 bits per heavy atom. The highest BCUT2D eigenvalue weighted by molar-refractivity contribution is 7.92. The Bertz CT molecular complexity index is 967. The molecule has 0 spiro atoms. The molecular weight excluding hydrogens is 372 g/mol. The maximum Gasteiger partial charge on any atom is 0.262 e. The lowest BCUT2D eigenvalue weighted by Crippen LogP contribution is -2.25. The van der Waals surface area contributed by atoms with Gasteiger partial charge in [0.25, 0.3) is 15.9 Å². The summed E-state index contributed by atoms with van der Waals surface area (Å²) in [5.41, 5.74) is 2.81. The van der Waals surface area contributed by atoms with Crippen molar-refractivity contribution in [2.75, 3.05) is 11.3 Å². The minimum atomic E-state index is -3.78. The molecule has 1 aliphatic carbocycles. The molecule has 0 saturated heterocycles. The van der Waals surface area contributed by atoms with E-state index in [1.807, 2.05) is 6.07 Å². The molecule has 0 aliphatic heterocycles. The molecule has 0 unspecified atom stereocenters. The number of amides is 1. The van der Waals surface area contributed by atoms with Crippen LogP contribution >= 0.6 is 0 Å². The van der Waals surface area contributed by atoms with Crippen LogP contribution in [0.4, 0.5) is 5.69 Å². The molecule has 1 amide bonds. The number of anilines is 1. The zero-order valence-corrected chi connectivity index (χ0v) is 16.9. The van der Waals surface area contributed by atoms with Gasteiger partial charge in [0.1, 0.15) is 0 Å². The van der Waals surface area contributed by atoms with Crippen molar-refractivity contribution in [3.05, 3.63) is 71.3 Å². The fraction of sp³-hybridized carbons (Fsp3) is 0.318. The minimum Gasteiger partial charge on any atom is -0.352 e. The van der Waals surface area contributed by atoms with E-state index in [2.05, 4.69) is 16.1 Å². The number of hydrogen-bond donors (Lipinski definition) is 2. The van der Waals surface area contributed by atoms with Crippen molar-refractivity contribution in [1.29, 1.82) is 0 Å². The first-order chi connectivity index (χ1) is 13.5. The highest BCUT2D eigenvalue weighted by atomic mass is 32.2. The molecule has 2 N–H and O–H groups in total. The Kier molecular flexibility index (Phi) is 6.52. The summed E-state index contributed by atoms with van der Waals surface area (Å²) in [5, 5.41) is 2.90. The molecule has 6 heteroatoms. The van der Waals surface area contributed by atoms with Crippen molar-refractivity contribution in [2.24, 2.45) is 0 Å². The molecule has 0 atom stereocenters. The van der Waals surface area contributed by atoms with Gasteiger partial charge in [0, 0.05) is 17.8 Å². The Labute approximate surface area is 166 Å². The summed E-state index contributed by atoms with van der Waals surface area (Å²) in [5.74, 6) is -0.257. The molecular formula is C22H26N2O3S. The van der Waals surface area contributed by atoms with Crippen LogP contribution < -0.4 is 10.0 Å². The normalized spacial score (nSPS) is 14.2. The van der Waals surface area contributed by atoms with Crippen LogP contribution in [0.5, 0.6) is 0 Å². The highest BCUT2D eigenvalue weighted by Gasteiger charge is 2.19. The predicted molar refractivity (Wildman–Crippen MR) is 112 cm³/mol. The van der Waals surface area contributed by atoms with Crippen molar-refractivity contribution in [3.8, 4) is 0 Å². The summed E-state index contributed by atoms with van der Waals surface area (Å²) < 4.78 is 28.1. The number of hydrogen-bond acceptors (Lipinski definition) is 3. The van der Waals surface area contributed by atoms with Gasteiger partial charge >= 0.3 is 0 Å². The van der Waals surface area contributed by atoms with Gasteiger partial charge in [-0.3, -0.25) is 9.52 Å². The molecule has 5 nitrogen and oxygen atoms in total. The van der Waals surface area contributed by atoms with Crippen molar-refractivity contribution < 1.29 is 13.2 Å². The van der Waals surface area contributed by atoms with E-state index in [4.69, 9.17) is 0 Å². The number of nitrogens with one attached hydrogen (secondary N) is 2. The average Bonchev–Trinajstić information content (AvgIpc) is 2.69. The number of para-hydroxylation sites is 1. The first-order valence-corrected chi connectivity index (χ1v) is 11.1. The summed E-state index contributed by atoms with van der Waals surface area (Å²) >= 11 is 0. The summed E-state index contributed by atoms with van der Waals surface area (Å²) in [7, 11) is -3.78. The summed E-state index contributed by atoms with van der Waals surface area (Å²) in [6.07, 6.45) is 7.80. The Balaban J connectivity index is 1.69. The average molecular weight is 399 g/mol. The number of aryl methyl sites for hydroxylation is 1. The monoisotopic (exact) mass is 398 g/mol. The van der Waals surface area contributed by atoms with Crippen LogP contribution in [-0.4, -0.2) is 20.9 Å². The van der Waals surface area contributed by atoms with Gasteiger partial charge in [0.15, 0.2) is 0 Å². The van der Waals surface area contributed by atoms with Crippen LogP contribution in [0, 0.1) is 6.92 Å². The van der Waals surface area contributed by atoms with Crippen LogP contribution in [0.15, 0.2) is 65.1 Å². The first-order valence-electron chi connectivity index (χ1n) is 9.60. The standard InChI is InChI=1S/C22H26N2O3S/c1-17-12-13-19(22(25)23-15-14-18-8-4-2-5-9-18)16-21(17)28(26,27)24-20-10-6-3-7-11-20/h3,6-8,10-13,16,24H,2,4-5,9,14-15H2,1H3,(H,23,25). The third kappa shape index (κ3) is 5.23. The lowest BCUT2D eigenvalue weighted by atomic mass is 9.97. The molecule has 0 heterocycles. The number of carbonyl (C=O) groups excluding carboxylic acids is 1. The number of sulfonamides is 1. The zero-order valence-electron chi connectivity index (χ0n) is 16.1. The zero-order chi connectivity index (χ0) is 20.0. The van der Waals surface area contributed by atoms with Gasteiger partial charge in [-0.2, -0.15) is 0 Å². The van der Waals surface area contributed by atoms with Crippen molar-refractivity contribution >= 4 is 21.6 Å². The predicted octanol–water partition coefficient (Wildman–Crippen LogP) is 4.42. The summed E-state index contributed by atoms with van der Waals surface area (Å²) in [6, 6.07) is 13.5. The second-order valence-corrected chi connectivity index (χ2v) is 8.72. The van der Waals surface area contributed by atoms with Crippen molar-refractivity contribution in [2.45, 2.75) is 43.9 Å². The Morgan fingerprint density at radius 2 is 1.86 bits per heavy atom. The molecule has 3 rings (SSSR count). The minimum absolute atomic E-state index is 0.110. The van der Waals surface area contributed by atoms with E-state index in [0.29, 0.717) is 23.4 Å². The SMILES string of the molecule is Cc1ccc(C(=O)NCCC2=CCCCC2)cc1S(=O)(=O)Nc1ccccc1. The van der Waals surface area contributed by atoms with Crippen LogP contribution in [0.3, 0.4) is 0 Å². The highest BCUT2D eigenvalue weighted by Crippen LogP contribution is 2.21. The number of benzene rings is 2. The third-order valence-electron chi connectivity index (χ3n) is 4.88. The lowest BCUT2D eigenvalue weighted by molar-refractivity contribution is 0.0954. The number of allylic oxidation sites excluding steroid dienone is 1. The third-order valence-corrected chi connectivity index (χ3v) is 6.41. The summed E-state index contributed by atoms with van der Waals surface area (Å²) in [6.45, 7) is 2.28. The molecule has 2 aromatic rings. The van der Waals surface area contributed by atoms with Gasteiger partial charge in [-0.15, -0.1) is 0 Å². The molecule has 148 valence electrons. The topological polar surface area (TPSA) is 75.3 Å². The van der Waals surface area contributed by atoms with E-state index in [1.54, 1.807) is 43.3 Å². The quantitative estimate of drug-likeness (QED) is 0.678. The molecule has 1 aliphatic rings. The van der Waals surface area contributed by atoms with Gasteiger partial charge in [0.05, 0.1) is 4.90 Å². The van der Waals surface area contributed by atoms with Crippen LogP contribution in [-0.2, 0) is 10.0 Å². The van der Waals surface area contributed by atoms with Crippen LogP contribution in [0.1, 0.15) is 48.0 Å². The molecule has 0 fully saturated rings. The van der Waals surface area contributed by atoms with Gasteiger partial charge in [-0.25, -0.2) is 8.42 Å². The molecule has 28 heavy (non-hydrogen) atoms. The van der Waals surface area contributed by atoms with Crippen molar-refractivity contribution in [1.82, 2.24) is 5.32 Å². The van der Waals surface area contributed by atoms with E-state index in [0.717, 1.165) is 19.3 Å². The first kappa shape index (κ1) is 20.1. The number of rotatable bonds is 7. The van der Waals surface area contributed by atoms with Gasteiger partial charge < -0.3 is 5.32 Å². The fourth-order valence-corrected chi connectivity index (χ4v) is 4.65. The number of carbonyl (C=O) groups is 1. The lowest BCUT2D eigenvalue weighted by Gasteiger charge is -2.14. The van der Waals surface area contributed by atoms with E-state index in [9.17, 15) is 13.2 Å².